The van der Waals surface area contributed by atoms with Crippen LogP contribution in [-0.4, -0.2) is 49.0 Å². The van der Waals surface area contributed by atoms with E-state index in [9.17, 15) is 0 Å². The lowest BCUT2D eigenvalue weighted by Crippen LogP contribution is -2.50. The lowest BCUT2D eigenvalue weighted by molar-refractivity contribution is -0.0105. The molecule has 1 fully saturated rings. The number of morpholine rings is 1. The third-order valence-corrected chi connectivity index (χ3v) is 2.99. The van der Waals surface area contributed by atoms with Crippen molar-refractivity contribution < 1.29 is 9.84 Å². The molecule has 0 saturated carbocycles. The summed E-state index contributed by atoms with van der Waals surface area (Å²) in [5, 5.41) is 12.2. The van der Waals surface area contributed by atoms with Crippen molar-refractivity contribution in [3.8, 4) is 0 Å². The molecule has 1 aromatic heterocycles. The Kier molecular flexibility index (Phi) is 3.81. The van der Waals surface area contributed by atoms with Gasteiger partial charge < -0.3 is 20.1 Å². The van der Waals surface area contributed by atoms with E-state index in [0.717, 1.165) is 11.6 Å². The number of aliphatic hydroxyl groups is 1. The molecule has 5 nitrogen and oxygen atoms in total. The van der Waals surface area contributed by atoms with Gasteiger partial charge in [0.2, 0.25) is 0 Å². The highest BCUT2D eigenvalue weighted by Gasteiger charge is 2.26. The molecular formula is C12H19N3O2. The van der Waals surface area contributed by atoms with Crippen LogP contribution in [-0.2, 0) is 4.74 Å². The number of rotatable bonds is 3. The minimum atomic E-state index is -0.119. The van der Waals surface area contributed by atoms with Gasteiger partial charge in [0.25, 0.3) is 0 Å². The van der Waals surface area contributed by atoms with Gasteiger partial charge in [-0.25, -0.2) is 4.98 Å². The zero-order valence-corrected chi connectivity index (χ0v) is 10.3. The fourth-order valence-electron chi connectivity index (χ4n) is 1.97. The standard InChI is InChI=1S/C12H19N3O2/c1-9-8-17-10(7-16)6-15(9)12-5-3-4-11(13-2)14-12/h3-5,9-10,16H,6-8H2,1-2H3,(H,13,14). The molecule has 2 heterocycles. The average molecular weight is 237 g/mol. The number of aromatic nitrogens is 1. The van der Waals surface area contributed by atoms with Crippen molar-refractivity contribution in [3.63, 3.8) is 0 Å². The summed E-state index contributed by atoms with van der Waals surface area (Å²) < 4.78 is 5.51. The summed E-state index contributed by atoms with van der Waals surface area (Å²) in [5.41, 5.74) is 0. The average Bonchev–Trinajstić information content (AvgIpc) is 2.39. The number of hydrogen-bond donors (Lipinski definition) is 2. The molecule has 0 bridgehead atoms. The molecule has 1 aromatic rings. The first-order valence-electron chi connectivity index (χ1n) is 5.88. The van der Waals surface area contributed by atoms with Gasteiger partial charge in [-0.2, -0.15) is 0 Å². The van der Waals surface area contributed by atoms with Gasteiger partial charge in [0, 0.05) is 13.6 Å². The molecule has 0 radical (unpaired) electrons. The predicted molar refractivity (Wildman–Crippen MR) is 67.4 cm³/mol. The normalized spacial score (nSPS) is 24.8. The monoisotopic (exact) mass is 237 g/mol. The largest absolute Gasteiger partial charge is 0.394 e. The van der Waals surface area contributed by atoms with Crippen molar-refractivity contribution in [2.75, 3.05) is 37.0 Å². The number of ether oxygens (including phenoxy) is 1. The quantitative estimate of drug-likeness (QED) is 0.811. The van der Waals surface area contributed by atoms with Gasteiger partial charge in [0.05, 0.1) is 25.4 Å². The SMILES string of the molecule is CNc1cccc(N2CC(CO)OCC2C)n1. The van der Waals surface area contributed by atoms with Crippen LogP contribution in [0.2, 0.25) is 0 Å². The number of hydrogen-bond acceptors (Lipinski definition) is 5. The zero-order valence-electron chi connectivity index (χ0n) is 10.3. The molecule has 0 spiro atoms. The van der Waals surface area contributed by atoms with Crippen LogP contribution in [0.4, 0.5) is 11.6 Å². The van der Waals surface area contributed by atoms with E-state index in [2.05, 4.69) is 22.1 Å². The third-order valence-electron chi connectivity index (χ3n) is 2.99. The highest BCUT2D eigenvalue weighted by atomic mass is 16.5. The van der Waals surface area contributed by atoms with Gasteiger partial charge in [0.1, 0.15) is 11.6 Å². The lowest BCUT2D eigenvalue weighted by atomic mass is 10.2. The smallest absolute Gasteiger partial charge is 0.131 e. The van der Waals surface area contributed by atoms with Crippen LogP contribution in [0.25, 0.3) is 0 Å². The molecule has 94 valence electrons. The van der Waals surface area contributed by atoms with Crippen LogP contribution in [0.3, 0.4) is 0 Å². The van der Waals surface area contributed by atoms with Gasteiger partial charge in [0.15, 0.2) is 0 Å². The Labute approximate surface area is 101 Å². The molecule has 0 aliphatic carbocycles. The molecule has 1 aliphatic heterocycles. The maximum absolute atomic E-state index is 9.16. The second-order valence-electron chi connectivity index (χ2n) is 4.27. The lowest BCUT2D eigenvalue weighted by Gasteiger charge is -2.38. The van der Waals surface area contributed by atoms with Crippen LogP contribution in [0.15, 0.2) is 18.2 Å². The van der Waals surface area contributed by atoms with Crippen LogP contribution in [0, 0.1) is 0 Å². The second-order valence-corrected chi connectivity index (χ2v) is 4.27. The summed E-state index contributed by atoms with van der Waals surface area (Å²) in [6.45, 7) is 3.45. The first-order valence-corrected chi connectivity index (χ1v) is 5.88. The molecule has 1 aliphatic rings. The molecule has 0 amide bonds. The minimum absolute atomic E-state index is 0.0505. The molecule has 0 aromatic carbocycles. The highest BCUT2D eigenvalue weighted by Crippen LogP contribution is 2.21. The molecule has 2 N–H and O–H groups in total. The topological polar surface area (TPSA) is 57.6 Å². The first-order chi connectivity index (χ1) is 8.24. The van der Waals surface area contributed by atoms with E-state index in [-0.39, 0.29) is 18.8 Å². The molecule has 2 rings (SSSR count). The van der Waals surface area contributed by atoms with Crippen LogP contribution >= 0.6 is 0 Å². The number of nitrogens with zero attached hydrogens (tertiary/aromatic N) is 2. The number of anilines is 2. The van der Waals surface area contributed by atoms with Crippen molar-refractivity contribution in [1.29, 1.82) is 0 Å². The van der Waals surface area contributed by atoms with Crippen LogP contribution < -0.4 is 10.2 Å². The van der Waals surface area contributed by atoms with E-state index >= 15 is 0 Å². The third kappa shape index (κ3) is 2.68. The number of pyridine rings is 1. The van der Waals surface area contributed by atoms with Crippen molar-refractivity contribution in [2.45, 2.75) is 19.1 Å². The van der Waals surface area contributed by atoms with E-state index in [1.165, 1.54) is 0 Å². The van der Waals surface area contributed by atoms with E-state index < -0.39 is 0 Å². The van der Waals surface area contributed by atoms with Crippen molar-refractivity contribution in [2.24, 2.45) is 0 Å². The summed E-state index contributed by atoms with van der Waals surface area (Å²) in [6.07, 6.45) is -0.119. The van der Waals surface area contributed by atoms with Crippen molar-refractivity contribution in [3.05, 3.63) is 18.2 Å². The summed E-state index contributed by atoms with van der Waals surface area (Å²) >= 11 is 0. The molecule has 17 heavy (non-hydrogen) atoms. The van der Waals surface area contributed by atoms with Crippen LogP contribution in [0.1, 0.15) is 6.92 Å². The molecule has 2 unspecified atom stereocenters. The van der Waals surface area contributed by atoms with E-state index in [1.807, 2.05) is 25.2 Å². The van der Waals surface area contributed by atoms with Gasteiger partial charge in [-0.15, -0.1) is 0 Å². The maximum atomic E-state index is 9.16. The summed E-state index contributed by atoms with van der Waals surface area (Å²) in [5.74, 6) is 1.77. The Morgan fingerprint density at radius 1 is 1.59 bits per heavy atom. The Balaban J connectivity index is 2.18. The minimum Gasteiger partial charge on any atom is -0.394 e. The Morgan fingerprint density at radius 3 is 3.12 bits per heavy atom. The van der Waals surface area contributed by atoms with Crippen molar-refractivity contribution in [1.82, 2.24) is 4.98 Å². The van der Waals surface area contributed by atoms with Gasteiger partial charge in [-0.3, -0.25) is 0 Å². The van der Waals surface area contributed by atoms with E-state index in [1.54, 1.807) is 0 Å². The number of aliphatic hydroxyl groups excluding tert-OH is 1. The number of nitrogens with one attached hydrogen (secondary N) is 1. The summed E-state index contributed by atoms with van der Waals surface area (Å²) in [6, 6.07) is 6.16. The molecular weight excluding hydrogens is 218 g/mol. The second kappa shape index (κ2) is 5.33. The molecule has 5 heteroatoms. The zero-order chi connectivity index (χ0) is 12.3. The summed E-state index contributed by atoms with van der Waals surface area (Å²) in [7, 11) is 1.85. The van der Waals surface area contributed by atoms with Gasteiger partial charge in [-0.05, 0) is 19.1 Å². The Hall–Kier alpha value is -1.33. The first kappa shape index (κ1) is 12.1. The van der Waals surface area contributed by atoms with Crippen molar-refractivity contribution >= 4 is 11.6 Å². The predicted octanol–water partition coefficient (Wildman–Crippen LogP) is 0.709. The Morgan fingerprint density at radius 2 is 2.41 bits per heavy atom. The molecule has 2 atom stereocenters. The Bertz CT molecular complexity index is 373. The van der Waals surface area contributed by atoms with Gasteiger partial charge >= 0.3 is 0 Å². The van der Waals surface area contributed by atoms with E-state index in [0.29, 0.717) is 13.2 Å². The van der Waals surface area contributed by atoms with Gasteiger partial charge in [-0.1, -0.05) is 6.07 Å². The fraction of sp³-hybridized carbons (Fsp3) is 0.583. The fourth-order valence-corrected chi connectivity index (χ4v) is 1.97. The maximum Gasteiger partial charge on any atom is 0.131 e. The molecule has 1 saturated heterocycles. The highest BCUT2D eigenvalue weighted by molar-refractivity contribution is 5.47. The summed E-state index contributed by atoms with van der Waals surface area (Å²) in [4.78, 5) is 6.68. The van der Waals surface area contributed by atoms with E-state index in [4.69, 9.17) is 9.84 Å². The van der Waals surface area contributed by atoms with Crippen LogP contribution in [0.5, 0.6) is 0 Å².